The van der Waals surface area contributed by atoms with E-state index in [1.807, 2.05) is 58.7 Å². The number of nitrogens with one attached hydrogen (secondary N) is 1. The highest BCUT2D eigenvalue weighted by molar-refractivity contribution is 7.15. The molecule has 0 aromatic carbocycles. The molecular formula is C25H36N6O3S. The average molecular weight is 501 g/mol. The SMILES string of the molecule is Cc1cc(Nc2ncc(C)s2)nc(C2CCN(C(=O)C3(C)CCN(C(=O)OC(C)(C)C)CC3)C2)n1. The minimum atomic E-state index is -0.523. The van der Waals surface area contributed by atoms with E-state index in [-0.39, 0.29) is 17.9 Å². The van der Waals surface area contributed by atoms with Crippen molar-refractivity contribution >= 4 is 34.3 Å². The molecule has 4 rings (SSSR count). The highest BCUT2D eigenvalue weighted by Crippen LogP contribution is 2.36. The number of anilines is 2. The first kappa shape index (κ1) is 25.3. The van der Waals surface area contributed by atoms with Crippen molar-refractivity contribution in [3.8, 4) is 0 Å². The van der Waals surface area contributed by atoms with Gasteiger partial charge in [-0.05, 0) is 53.9 Å². The third-order valence-electron chi connectivity index (χ3n) is 6.60. The normalized spacial score (nSPS) is 20.1. The van der Waals surface area contributed by atoms with Crippen LogP contribution in [-0.2, 0) is 9.53 Å². The van der Waals surface area contributed by atoms with Crippen LogP contribution in [0.25, 0.3) is 0 Å². The van der Waals surface area contributed by atoms with Crippen molar-refractivity contribution in [3.05, 3.63) is 28.7 Å². The molecule has 190 valence electrons. The van der Waals surface area contributed by atoms with Crippen molar-refractivity contribution in [1.82, 2.24) is 24.8 Å². The Balaban J connectivity index is 1.37. The summed E-state index contributed by atoms with van der Waals surface area (Å²) in [6.45, 7) is 14.0. The van der Waals surface area contributed by atoms with Crippen LogP contribution in [0.3, 0.4) is 0 Å². The van der Waals surface area contributed by atoms with Crippen molar-refractivity contribution in [2.24, 2.45) is 5.41 Å². The molecule has 0 saturated carbocycles. The lowest BCUT2D eigenvalue weighted by Crippen LogP contribution is -2.50. The van der Waals surface area contributed by atoms with Crippen LogP contribution in [0, 0.1) is 19.3 Å². The number of nitrogens with zero attached hydrogens (tertiary/aromatic N) is 5. The average Bonchev–Trinajstić information content (AvgIpc) is 3.41. The monoisotopic (exact) mass is 500 g/mol. The zero-order valence-corrected chi connectivity index (χ0v) is 22.4. The molecule has 2 fully saturated rings. The molecule has 2 saturated heterocycles. The molecule has 2 aromatic rings. The molecule has 10 heteroatoms. The maximum atomic E-state index is 13.5. The lowest BCUT2D eigenvalue weighted by molar-refractivity contribution is -0.142. The zero-order chi connectivity index (χ0) is 25.4. The molecular weight excluding hydrogens is 464 g/mol. The van der Waals surface area contributed by atoms with Crippen molar-refractivity contribution in [2.45, 2.75) is 72.3 Å². The van der Waals surface area contributed by atoms with Gasteiger partial charge in [-0.1, -0.05) is 6.92 Å². The van der Waals surface area contributed by atoms with Crippen molar-refractivity contribution in [2.75, 3.05) is 31.5 Å². The number of hydrogen-bond acceptors (Lipinski definition) is 8. The summed E-state index contributed by atoms with van der Waals surface area (Å²) in [5, 5.41) is 4.09. The number of ether oxygens (including phenoxy) is 1. The van der Waals surface area contributed by atoms with E-state index in [0.717, 1.165) is 33.8 Å². The summed E-state index contributed by atoms with van der Waals surface area (Å²) >= 11 is 1.58. The van der Waals surface area contributed by atoms with Gasteiger partial charge in [0.15, 0.2) is 5.13 Å². The maximum absolute atomic E-state index is 13.5. The van der Waals surface area contributed by atoms with Crippen molar-refractivity contribution in [1.29, 1.82) is 0 Å². The van der Waals surface area contributed by atoms with Gasteiger partial charge in [0.25, 0.3) is 0 Å². The van der Waals surface area contributed by atoms with E-state index >= 15 is 0 Å². The van der Waals surface area contributed by atoms with Crippen LogP contribution in [0.5, 0.6) is 0 Å². The molecule has 1 atom stereocenters. The molecule has 35 heavy (non-hydrogen) atoms. The number of carbonyl (C=O) groups excluding carboxylic acids is 2. The number of aryl methyl sites for hydroxylation is 2. The van der Waals surface area contributed by atoms with E-state index in [1.54, 1.807) is 16.2 Å². The van der Waals surface area contributed by atoms with Gasteiger partial charge < -0.3 is 19.9 Å². The number of carbonyl (C=O) groups is 2. The molecule has 0 aliphatic carbocycles. The summed E-state index contributed by atoms with van der Waals surface area (Å²) < 4.78 is 5.50. The van der Waals surface area contributed by atoms with Crippen LogP contribution >= 0.6 is 11.3 Å². The predicted octanol–water partition coefficient (Wildman–Crippen LogP) is 4.65. The first-order chi connectivity index (χ1) is 16.4. The van der Waals surface area contributed by atoms with Gasteiger partial charge in [-0.2, -0.15) is 0 Å². The number of aromatic nitrogens is 3. The van der Waals surface area contributed by atoms with E-state index in [4.69, 9.17) is 9.72 Å². The first-order valence-corrected chi connectivity index (χ1v) is 13.1. The second-order valence-electron chi connectivity index (χ2n) is 10.9. The standard InChI is InChI=1S/C25H36N6O3S/c1-16-13-19(29-22-26-14-17(2)35-22)28-20(27-16)18-7-10-31(15-18)21(32)25(6)8-11-30(12-9-25)23(33)34-24(3,4)5/h13-14,18H,7-12,15H2,1-6H3,(H,26,27,28,29). The molecule has 0 spiro atoms. The van der Waals surface area contributed by atoms with Gasteiger partial charge in [-0.25, -0.2) is 19.7 Å². The second kappa shape index (κ2) is 9.72. The Morgan fingerprint density at radius 2 is 1.86 bits per heavy atom. The summed E-state index contributed by atoms with van der Waals surface area (Å²) in [5.74, 6) is 1.75. The van der Waals surface area contributed by atoms with Crippen LogP contribution in [0.2, 0.25) is 0 Å². The zero-order valence-electron chi connectivity index (χ0n) is 21.6. The number of thiazole rings is 1. The number of amides is 2. The Morgan fingerprint density at radius 1 is 1.14 bits per heavy atom. The molecule has 2 amide bonds. The predicted molar refractivity (Wildman–Crippen MR) is 136 cm³/mol. The minimum absolute atomic E-state index is 0.0999. The number of likely N-dealkylation sites (tertiary alicyclic amines) is 2. The van der Waals surface area contributed by atoms with Crippen LogP contribution in [0.1, 0.15) is 69.3 Å². The summed E-state index contributed by atoms with van der Waals surface area (Å²) in [5.41, 5.74) is -0.113. The van der Waals surface area contributed by atoms with E-state index in [0.29, 0.717) is 39.0 Å². The van der Waals surface area contributed by atoms with E-state index in [1.165, 1.54) is 0 Å². The lowest BCUT2D eigenvalue weighted by atomic mass is 9.79. The Kier molecular flexibility index (Phi) is 7.04. The largest absolute Gasteiger partial charge is 0.444 e. The highest BCUT2D eigenvalue weighted by Gasteiger charge is 2.43. The minimum Gasteiger partial charge on any atom is -0.444 e. The molecule has 1 unspecified atom stereocenters. The topological polar surface area (TPSA) is 101 Å². The third kappa shape index (κ3) is 6.09. The molecule has 1 N–H and O–H groups in total. The molecule has 0 bridgehead atoms. The van der Waals surface area contributed by atoms with Crippen LogP contribution in [0.4, 0.5) is 15.7 Å². The fourth-order valence-corrected chi connectivity index (χ4v) is 5.29. The second-order valence-corrected chi connectivity index (χ2v) is 12.2. The van der Waals surface area contributed by atoms with Gasteiger partial charge >= 0.3 is 6.09 Å². The molecule has 2 aromatic heterocycles. The summed E-state index contributed by atoms with van der Waals surface area (Å²) in [4.78, 5) is 44.5. The Hall–Kier alpha value is -2.75. The van der Waals surface area contributed by atoms with E-state index in [9.17, 15) is 9.59 Å². The Bertz CT molecular complexity index is 1090. The maximum Gasteiger partial charge on any atom is 0.410 e. The van der Waals surface area contributed by atoms with Crippen LogP contribution < -0.4 is 5.32 Å². The molecule has 2 aliphatic rings. The third-order valence-corrected chi connectivity index (χ3v) is 7.43. The Morgan fingerprint density at radius 3 is 2.49 bits per heavy atom. The van der Waals surface area contributed by atoms with Gasteiger partial charge in [0, 0.05) is 60.3 Å². The molecule has 2 aliphatic heterocycles. The Labute approximate surface area is 211 Å². The molecule has 0 radical (unpaired) electrons. The van der Waals surface area contributed by atoms with E-state index < -0.39 is 11.0 Å². The van der Waals surface area contributed by atoms with Gasteiger partial charge in [-0.15, -0.1) is 11.3 Å². The highest BCUT2D eigenvalue weighted by atomic mass is 32.1. The first-order valence-electron chi connectivity index (χ1n) is 12.2. The quantitative estimate of drug-likeness (QED) is 0.652. The van der Waals surface area contributed by atoms with Crippen molar-refractivity contribution in [3.63, 3.8) is 0 Å². The summed E-state index contributed by atoms with van der Waals surface area (Å²) in [6.07, 6.45) is 3.64. The number of rotatable bonds is 4. The smallest absolute Gasteiger partial charge is 0.410 e. The van der Waals surface area contributed by atoms with Gasteiger partial charge in [0.1, 0.15) is 17.2 Å². The van der Waals surface area contributed by atoms with E-state index in [2.05, 4.69) is 15.3 Å². The molecule has 4 heterocycles. The van der Waals surface area contributed by atoms with Crippen molar-refractivity contribution < 1.29 is 14.3 Å². The number of piperidine rings is 1. The summed E-state index contributed by atoms with van der Waals surface area (Å²) in [7, 11) is 0. The van der Waals surface area contributed by atoms with Gasteiger partial charge in [0.05, 0.1) is 0 Å². The number of hydrogen-bond donors (Lipinski definition) is 1. The summed E-state index contributed by atoms with van der Waals surface area (Å²) in [6, 6.07) is 1.91. The van der Waals surface area contributed by atoms with Gasteiger partial charge in [-0.3, -0.25) is 4.79 Å². The fourth-order valence-electron chi connectivity index (χ4n) is 4.62. The molecule has 9 nitrogen and oxygen atoms in total. The van der Waals surface area contributed by atoms with Gasteiger partial charge in [0.2, 0.25) is 5.91 Å². The lowest BCUT2D eigenvalue weighted by Gasteiger charge is -2.40. The van der Waals surface area contributed by atoms with Crippen LogP contribution in [0.15, 0.2) is 12.3 Å². The van der Waals surface area contributed by atoms with Crippen LogP contribution in [-0.4, -0.2) is 68.5 Å². The fraction of sp³-hybridized carbons (Fsp3) is 0.640.